The van der Waals surface area contributed by atoms with Crippen LogP contribution in [0.5, 0.6) is 0 Å². The molecule has 23 heavy (non-hydrogen) atoms. The SMILES string of the molecule is Cc1cc(-c2ccnc(C#N)c2C#N)n(-c2ccc(F)cc2)n1. The Morgan fingerprint density at radius 3 is 2.48 bits per heavy atom. The van der Waals surface area contributed by atoms with Gasteiger partial charge >= 0.3 is 0 Å². The molecule has 0 N–H and O–H groups in total. The summed E-state index contributed by atoms with van der Waals surface area (Å²) in [4.78, 5) is 3.91. The van der Waals surface area contributed by atoms with Gasteiger partial charge < -0.3 is 0 Å². The highest BCUT2D eigenvalue weighted by atomic mass is 19.1. The van der Waals surface area contributed by atoms with Crippen LogP contribution < -0.4 is 0 Å². The average Bonchev–Trinajstić information content (AvgIpc) is 2.96. The summed E-state index contributed by atoms with van der Waals surface area (Å²) in [6.07, 6.45) is 1.48. The topological polar surface area (TPSA) is 78.3 Å². The quantitative estimate of drug-likeness (QED) is 0.728. The van der Waals surface area contributed by atoms with E-state index in [-0.39, 0.29) is 17.1 Å². The predicted molar refractivity (Wildman–Crippen MR) is 80.9 cm³/mol. The summed E-state index contributed by atoms with van der Waals surface area (Å²) in [5.41, 5.74) is 2.86. The van der Waals surface area contributed by atoms with E-state index in [2.05, 4.69) is 10.1 Å². The lowest BCUT2D eigenvalue weighted by atomic mass is 10.0. The van der Waals surface area contributed by atoms with E-state index in [1.807, 2.05) is 19.1 Å². The smallest absolute Gasteiger partial charge is 0.158 e. The fourth-order valence-corrected chi connectivity index (χ4v) is 2.34. The second kappa shape index (κ2) is 5.70. The van der Waals surface area contributed by atoms with E-state index in [1.165, 1.54) is 18.3 Å². The van der Waals surface area contributed by atoms with E-state index in [0.717, 1.165) is 5.69 Å². The molecule has 3 aromatic rings. The third-order valence-corrected chi connectivity index (χ3v) is 3.35. The van der Waals surface area contributed by atoms with Crippen LogP contribution in [-0.2, 0) is 0 Å². The van der Waals surface area contributed by atoms with Gasteiger partial charge in [0.15, 0.2) is 5.69 Å². The molecule has 0 spiro atoms. The summed E-state index contributed by atoms with van der Waals surface area (Å²) in [5.74, 6) is -0.340. The fourth-order valence-electron chi connectivity index (χ4n) is 2.34. The van der Waals surface area contributed by atoms with E-state index in [4.69, 9.17) is 5.26 Å². The molecule has 0 saturated heterocycles. The first-order valence-corrected chi connectivity index (χ1v) is 6.76. The normalized spacial score (nSPS) is 10.1. The van der Waals surface area contributed by atoms with E-state index in [9.17, 15) is 9.65 Å². The number of aryl methyl sites for hydroxylation is 1. The Kier molecular flexibility index (Phi) is 3.58. The van der Waals surface area contributed by atoms with E-state index in [0.29, 0.717) is 16.9 Å². The first kappa shape index (κ1) is 14.4. The van der Waals surface area contributed by atoms with Crippen molar-refractivity contribution in [1.82, 2.24) is 14.8 Å². The number of hydrogen-bond acceptors (Lipinski definition) is 4. The Bertz CT molecular complexity index is 958. The molecule has 3 rings (SSSR count). The number of hydrogen-bond donors (Lipinski definition) is 0. The molecular weight excluding hydrogens is 293 g/mol. The molecule has 0 aliphatic heterocycles. The van der Waals surface area contributed by atoms with Gasteiger partial charge in [-0.05, 0) is 43.3 Å². The lowest BCUT2D eigenvalue weighted by molar-refractivity contribution is 0.627. The molecule has 5 nitrogen and oxygen atoms in total. The number of nitriles is 2. The monoisotopic (exact) mass is 303 g/mol. The molecule has 0 amide bonds. The molecule has 1 aromatic carbocycles. The minimum atomic E-state index is -0.340. The lowest BCUT2D eigenvalue weighted by Crippen LogP contribution is -2.02. The van der Waals surface area contributed by atoms with Crippen molar-refractivity contribution in [3.8, 4) is 29.1 Å². The predicted octanol–water partition coefficient (Wildman–Crippen LogP) is 3.13. The molecule has 0 aliphatic carbocycles. The number of pyridine rings is 1. The molecule has 0 aliphatic rings. The summed E-state index contributed by atoms with van der Waals surface area (Å²) in [6.45, 7) is 1.82. The molecule has 2 heterocycles. The molecule has 6 heteroatoms. The minimum Gasteiger partial charge on any atom is -0.244 e. The van der Waals surface area contributed by atoms with E-state index in [1.54, 1.807) is 28.9 Å². The lowest BCUT2D eigenvalue weighted by Gasteiger charge is -2.09. The van der Waals surface area contributed by atoms with Gasteiger partial charge in [-0.25, -0.2) is 14.1 Å². The molecule has 0 radical (unpaired) electrons. The summed E-state index contributed by atoms with van der Waals surface area (Å²) in [5, 5.41) is 22.9. The Balaban J connectivity index is 2.26. The maximum Gasteiger partial charge on any atom is 0.158 e. The molecule has 0 bridgehead atoms. The molecule has 0 unspecified atom stereocenters. The zero-order valence-electron chi connectivity index (χ0n) is 12.2. The molecular formula is C17H10FN5. The van der Waals surface area contributed by atoms with Crippen LogP contribution in [0.4, 0.5) is 4.39 Å². The molecule has 0 atom stereocenters. The Hall–Kier alpha value is -3.51. The Morgan fingerprint density at radius 1 is 1.09 bits per heavy atom. The van der Waals surface area contributed by atoms with Crippen molar-refractivity contribution in [3.05, 3.63) is 65.4 Å². The van der Waals surface area contributed by atoms with Crippen LogP contribution in [0.2, 0.25) is 0 Å². The largest absolute Gasteiger partial charge is 0.244 e. The fraction of sp³-hybridized carbons (Fsp3) is 0.0588. The van der Waals surface area contributed by atoms with Crippen LogP contribution in [-0.4, -0.2) is 14.8 Å². The highest BCUT2D eigenvalue weighted by Crippen LogP contribution is 2.27. The molecule has 0 saturated carbocycles. The van der Waals surface area contributed by atoms with Gasteiger partial charge in [-0.3, -0.25) is 0 Å². The van der Waals surface area contributed by atoms with Crippen LogP contribution in [0, 0.1) is 35.4 Å². The zero-order chi connectivity index (χ0) is 16.4. The number of benzene rings is 1. The highest BCUT2D eigenvalue weighted by molar-refractivity contribution is 5.71. The third-order valence-electron chi connectivity index (χ3n) is 3.35. The van der Waals surface area contributed by atoms with Crippen LogP contribution in [0.3, 0.4) is 0 Å². The summed E-state index contributed by atoms with van der Waals surface area (Å²) in [6, 6.07) is 13.3. The summed E-state index contributed by atoms with van der Waals surface area (Å²) in [7, 11) is 0. The molecule has 0 fully saturated rings. The molecule has 2 aromatic heterocycles. The molecule has 110 valence electrons. The van der Waals surface area contributed by atoms with Crippen molar-refractivity contribution >= 4 is 0 Å². The van der Waals surface area contributed by atoms with Crippen molar-refractivity contribution in [3.63, 3.8) is 0 Å². The van der Waals surface area contributed by atoms with Crippen molar-refractivity contribution in [2.24, 2.45) is 0 Å². The van der Waals surface area contributed by atoms with Crippen LogP contribution in [0.25, 0.3) is 16.9 Å². The first-order valence-electron chi connectivity index (χ1n) is 6.76. The summed E-state index contributed by atoms with van der Waals surface area (Å²) < 4.78 is 14.7. The van der Waals surface area contributed by atoms with Crippen LogP contribution >= 0.6 is 0 Å². The minimum absolute atomic E-state index is 0.0644. The number of nitrogens with zero attached hydrogens (tertiary/aromatic N) is 5. The maximum atomic E-state index is 13.1. The van der Waals surface area contributed by atoms with Gasteiger partial charge in [0.2, 0.25) is 0 Å². The highest BCUT2D eigenvalue weighted by Gasteiger charge is 2.16. The van der Waals surface area contributed by atoms with Gasteiger partial charge in [-0.15, -0.1) is 0 Å². The van der Waals surface area contributed by atoms with Crippen molar-refractivity contribution < 1.29 is 4.39 Å². The van der Waals surface area contributed by atoms with Gasteiger partial charge in [0.05, 0.1) is 22.6 Å². The van der Waals surface area contributed by atoms with Gasteiger partial charge in [-0.2, -0.15) is 15.6 Å². The average molecular weight is 303 g/mol. The van der Waals surface area contributed by atoms with Crippen LogP contribution in [0.15, 0.2) is 42.6 Å². The Labute approximate surface area is 131 Å². The summed E-state index contributed by atoms with van der Waals surface area (Å²) >= 11 is 0. The number of aromatic nitrogens is 3. The standard InChI is InChI=1S/C17H10FN5/c1-11-8-17(14-6-7-21-16(10-20)15(14)9-19)23(22-11)13-4-2-12(18)3-5-13/h2-8H,1H3. The second-order valence-electron chi connectivity index (χ2n) is 4.86. The Morgan fingerprint density at radius 2 is 1.83 bits per heavy atom. The third kappa shape index (κ3) is 2.54. The first-order chi connectivity index (χ1) is 11.1. The van der Waals surface area contributed by atoms with Gasteiger partial charge in [-0.1, -0.05) is 0 Å². The van der Waals surface area contributed by atoms with Gasteiger partial charge in [0, 0.05) is 11.8 Å². The van der Waals surface area contributed by atoms with Gasteiger partial charge in [0.1, 0.15) is 18.0 Å². The van der Waals surface area contributed by atoms with Crippen molar-refractivity contribution in [2.45, 2.75) is 6.92 Å². The number of rotatable bonds is 2. The second-order valence-corrected chi connectivity index (χ2v) is 4.86. The number of halogens is 1. The van der Waals surface area contributed by atoms with Crippen LogP contribution in [0.1, 0.15) is 17.0 Å². The van der Waals surface area contributed by atoms with Crippen molar-refractivity contribution in [2.75, 3.05) is 0 Å². The zero-order valence-corrected chi connectivity index (χ0v) is 12.2. The van der Waals surface area contributed by atoms with E-state index >= 15 is 0 Å². The van der Waals surface area contributed by atoms with E-state index < -0.39 is 0 Å². The maximum absolute atomic E-state index is 13.1. The van der Waals surface area contributed by atoms with Gasteiger partial charge in [0.25, 0.3) is 0 Å². The van der Waals surface area contributed by atoms with Crippen molar-refractivity contribution in [1.29, 1.82) is 10.5 Å².